The van der Waals surface area contributed by atoms with E-state index in [0.717, 1.165) is 5.57 Å². The Balaban J connectivity index is 3.17. The summed E-state index contributed by atoms with van der Waals surface area (Å²) in [7, 11) is 0. The largest absolute Gasteiger partial charge is 0.381 e. The summed E-state index contributed by atoms with van der Waals surface area (Å²) in [6.07, 6.45) is 7.32. The van der Waals surface area contributed by atoms with Gasteiger partial charge in [0.2, 0.25) is 0 Å². The van der Waals surface area contributed by atoms with Gasteiger partial charge in [-0.05, 0) is 43.2 Å². The lowest BCUT2D eigenvalue weighted by atomic mass is 9.64. The second-order valence-corrected chi connectivity index (χ2v) is 5.50. The van der Waals surface area contributed by atoms with Crippen molar-refractivity contribution in [2.45, 2.75) is 39.7 Å². The Morgan fingerprint density at radius 3 is 2.56 bits per heavy atom. The van der Waals surface area contributed by atoms with Crippen LogP contribution in [0.3, 0.4) is 0 Å². The minimum Gasteiger partial charge on any atom is -0.381 e. The Morgan fingerprint density at radius 2 is 2.06 bits per heavy atom. The maximum absolute atomic E-state index is 11.5. The number of hydrogen-bond donors (Lipinski definition) is 1. The Hall–Kier alpha value is -1.48. The quantitative estimate of drug-likeness (QED) is 0.474. The highest BCUT2D eigenvalue weighted by molar-refractivity contribution is 5.92. The standard InChI is InChI=1S/C15H20O3/c1-11(6-8-16)5-7-15(18)12(2)9-13(17)10-14(15,3)4/h5-9,18H,10H2,1-4H3/b7-5+,11-6-. The number of allylic oxidation sites excluding steroid dienone is 4. The van der Waals surface area contributed by atoms with E-state index in [0.29, 0.717) is 18.3 Å². The van der Waals surface area contributed by atoms with E-state index in [-0.39, 0.29) is 5.78 Å². The van der Waals surface area contributed by atoms with Gasteiger partial charge in [-0.15, -0.1) is 0 Å². The van der Waals surface area contributed by atoms with Crippen LogP contribution in [0.15, 0.2) is 35.5 Å². The molecule has 1 aliphatic rings. The molecule has 0 heterocycles. The van der Waals surface area contributed by atoms with Gasteiger partial charge >= 0.3 is 0 Å². The molecule has 1 N–H and O–H groups in total. The molecule has 3 heteroatoms. The Morgan fingerprint density at radius 1 is 1.44 bits per heavy atom. The molecule has 0 fully saturated rings. The lowest BCUT2D eigenvalue weighted by Crippen LogP contribution is -2.48. The molecule has 0 amide bonds. The van der Waals surface area contributed by atoms with E-state index in [1.54, 1.807) is 26.0 Å². The lowest BCUT2D eigenvalue weighted by molar-refractivity contribution is -0.121. The maximum Gasteiger partial charge on any atom is 0.156 e. The third-order valence-corrected chi connectivity index (χ3v) is 3.55. The van der Waals surface area contributed by atoms with Gasteiger partial charge in [0.25, 0.3) is 0 Å². The number of aliphatic hydroxyl groups is 1. The normalized spacial score (nSPS) is 28.4. The fourth-order valence-electron chi connectivity index (χ4n) is 2.28. The summed E-state index contributed by atoms with van der Waals surface area (Å²) >= 11 is 0. The molecule has 0 aliphatic heterocycles. The van der Waals surface area contributed by atoms with Crippen LogP contribution in [0.1, 0.15) is 34.1 Å². The predicted molar refractivity (Wildman–Crippen MR) is 71.1 cm³/mol. The van der Waals surface area contributed by atoms with E-state index >= 15 is 0 Å². The summed E-state index contributed by atoms with van der Waals surface area (Å²) in [5, 5.41) is 10.8. The van der Waals surface area contributed by atoms with E-state index in [1.807, 2.05) is 13.8 Å². The third kappa shape index (κ3) is 2.67. The van der Waals surface area contributed by atoms with Gasteiger partial charge in [0.15, 0.2) is 5.78 Å². The molecule has 3 nitrogen and oxygen atoms in total. The topological polar surface area (TPSA) is 54.4 Å². The van der Waals surface area contributed by atoms with Crippen molar-refractivity contribution >= 4 is 12.1 Å². The first-order chi connectivity index (χ1) is 8.23. The highest BCUT2D eigenvalue weighted by atomic mass is 16.3. The van der Waals surface area contributed by atoms with Crippen molar-refractivity contribution in [2.24, 2.45) is 5.41 Å². The van der Waals surface area contributed by atoms with Gasteiger partial charge in [0, 0.05) is 11.8 Å². The molecule has 0 saturated carbocycles. The summed E-state index contributed by atoms with van der Waals surface area (Å²) in [6, 6.07) is 0. The Bertz CT molecular complexity index is 452. The molecular weight excluding hydrogens is 228 g/mol. The van der Waals surface area contributed by atoms with Gasteiger partial charge in [-0.3, -0.25) is 9.59 Å². The molecule has 0 radical (unpaired) electrons. The molecule has 1 aliphatic carbocycles. The van der Waals surface area contributed by atoms with Crippen molar-refractivity contribution in [3.63, 3.8) is 0 Å². The minimum atomic E-state index is -1.15. The number of carbonyl (C=O) groups excluding carboxylic acids is 2. The van der Waals surface area contributed by atoms with Crippen molar-refractivity contribution < 1.29 is 14.7 Å². The van der Waals surface area contributed by atoms with Crippen LogP contribution in [0.2, 0.25) is 0 Å². The monoisotopic (exact) mass is 248 g/mol. The predicted octanol–water partition coefficient (Wildman–Crippen LogP) is 2.36. The minimum absolute atomic E-state index is 0.0377. The number of hydrogen-bond acceptors (Lipinski definition) is 3. The van der Waals surface area contributed by atoms with E-state index in [4.69, 9.17) is 0 Å². The Kier molecular flexibility index (Phi) is 4.07. The molecule has 1 atom stereocenters. The van der Waals surface area contributed by atoms with Gasteiger partial charge in [-0.25, -0.2) is 0 Å². The number of rotatable bonds is 3. The maximum atomic E-state index is 11.5. The number of aldehydes is 1. The van der Waals surface area contributed by atoms with Crippen LogP contribution in [0.5, 0.6) is 0 Å². The highest BCUT2D eigenvalue weighted by Crippen LogP contribution is 2.44. The van der Waals surface area contributed by atoms with Crippen molar-refractivity contribution in [3.8, 4) is 0 Å². The van der Waals surface area contributed by atoms with Crippen molar-refractivity contribution in [3.05, 3.63) is 35.5 Å². The van der Waals surface area contributed by atoms with Crippen molar-refractivity contribution in [2.75, 3.05) is 0 Å². The first kappa shape index (κ1) is 14.6. The zero-order chi connectivity index (χ0) is 14.0. The van der Waals surface area contributed by atoms with Crippen molar-refractivity contribution in [1.29, 1.82) is 0 Å². The SMILES string of the molecule is CC1=CC(=O)CC(C)(C)C1(O)/C=C/C(C)=C\C=O. The smallest absolute Gasteiger partial charge is 0.156 e. The molecule has 0 aromatic heterocycles. The van der Waals surface area contributed by atoms with Crippen LogP contribution in [-0.2, 0) is 9.59 Å². The average Bonchev–Trinajstić information content (AvgIpc) is 2.23. The summed E-state index contributed by atoms with van der Waals surface area (Å²) in [5.41, 5.74) is -0.308. The van der Waals surface area contributed by atoms with Crippen LogP contribution in [0.25, 0.3) is 0 Å². The summed E-state index contributed by atoms with van der Waals surface area (Å²) in [6.45, 7) is 7.27. The van der Waals surface area contributed by atoms with Crippen LogP contribution in [-0.4, -0.2) is 22.8 Å². The first-order valence-electron chi connectivity index (χ1n) is 5.98. The van der Waals surface area contributed by atoms with Crippen LogP contribution < -0.4 is 0 Å². The molecule has 98 valence electrons. The molecule has 1 rings (SSSR count). The second-order valence-electron chi connectivity index (χ2n) is 5.50. The van der Waals surface area contributed by atoms with Crippen LogP contribution in [0.4, 0.5) is 0 Å². The molecular formula is C15H20O3. The molecule has 1 unspecified atom stereocenters. The zero-order valence-electron chi connectivity index (χ0n) is 11.4. The van der Waals surface area contributed by atoms with Gasteiger partial charge < -0.3 is 5.11 Å². The van der Waals surface area contributed by atoms with Gasteiger partial charge in [0.1, 0.15) is 11.9 Å². The molecule has 18 heavy (non-hydrogen) atoms. The summed E-state index contributed by atoms with van der Waals surface area (Å²) in [4.78, 5) is 21.9. The Labute approximate surface area is 108 Å². The molecule has 0 saturated heterocycles. The number of carbonyl (C=O) groups is 2. The van der Waals surface area contributed by atoms with Gasteiger partial charge in [0.05, 0.1) is 0 Å². The zero-order valence-corrected chi connectivity index (χ0v) is 11.4. The fourth-order valence-corrected chi connectivity index (χ4v) is 2.28. The molecule has 0 bridgehead atoms. The third-order valence-electron chi connectivity index (χ3n) is 3.55. The molecule has 0 aromatic rings. The van der Waals surface area contributed by atoms with E-state index < -0.39 is 11.0 Å². The fraction of sp³-hybridized carbons (Fsp3) is 0.467. The van der Waals surface area contributed by atoms with Crippen LogP contribution in [0, 0.1) is 5.41 Å². The van der Waals surface area contributed by atoms with Gasteiger partial charge in [-0.2, -0.15) is 0 Å². The molecule has 0 aromatic carbocycles. The summed E-state index contributed by atoms with van der Waals surface area (Å²) in [5.74, 6) is 0.0377. The lowest BCUT2D eigenvalue weighted by Gasteiger charge is -2.43. The van der Waals surface area contributed by atoms with E-state index in [1.165, 1.54) is 12.2 Å². The second kappa shape index (κ2) is 5.02. The van der Waals surface area contributed by atoms with Crippen LogP contribution >= 0.6 is 0 Å². The molecule has 0 spiro atoms. The van der Waals surface area contributed by atoms with E-state index in [2.05, 4.69) is 0 Å². The van der Waals surface area contributed by atoms with Crippen molar-refractivity contribution in [1.82, 2.24) is 0 Å². The summed E-state index contributed by atoms with van der Waals surface area (Å²) < 4.78 is 0. The van der Waals surface area contributed by atoms with Gasteiger partial charge in [-0.1, -0.05) is 19.9 Å². The number of ketones is 1. The first-order valence-corrected chi connectivity index (χ1v) is 5.98. The highest BCUT2D eigenvalue weighted by Gasteiger charge is 2.46. The average molecular weight is 248 g/mol. The van der Waals surface area contributed by atoms with E-state index in [9.17, 15) is 14.7 Å².